The molecule has 0 rings (SSSR count). The molecule has 0 saturated heterocycles. The minimum absolute atomic E-state index is 0.323. The van der Waals surface area contributed by atoms with Crippen molar-refractivity contribution in [1.82, 2.24) is 0 Å². The van der Waals surface area contributed by atoms with E-state index in [1.807, 2.05) is 0 Å². The molecule has 0 fully saturated rings. The Bertz CT molecular complexity index is 356. The van der Waals surface area contributed by atoms with Gasteiger partial charge in [0, 0.05) is 20.3 Å². The maximum absolute atomic E-state index is 8.74. The van der Waals surface area contributed by atoms with Gasteiger partial charge in [-0.2, -0.15) is 0 Å². The van der Waals surface area contributed by atoms with Gasteiger partial charge in [-0.05, 0) is 12.8 Å². The Balaban J connectivity index is 3.00. The number of hydrogen-bond donors (Lipinski definition) is 1. The number of unbranched alkanes of at least 4 members (excludes halogenated alkanes) is 7. The summed E-state index contributed by atoms with van der Waals surface area (Å²) in [7, 11) is 1.65. The van der Waals surface area contributed by atoms with Gasteiger partial charge in [0.05, 0.1) is 106 Å². The van der Waals surface area contributed by atoms with Crippen molar-refractivity contribution in [3.63, 3.8) is 0 Å². The average Bonchev–Trinajstić information content (AvgIpc) is 2.91. The highest BCUT2D eigenvalue weighted by Gasteiger charge is 1.96. The maximum Gasteiger partial charge on any atom is 0.0701 e. The summed E-state index contributed by atoms with van der Waals surface area (Å²) in [5.41, 5.74) is 0. The highest BCUT2D eigenvalue weighted by atomic mass is 16.6. The lowest BCUT2D eigenvalue weighted by molar-refractivity contribution is -0.0243. The summed E-state index contributed by atoms with van der Waals surface area (Å²) in [5.74, 6) is 0. The van der Waals surface area contributed by atoms with Gasteiger partial charge >= 0.3 is 0 Å². The first-order valence-corrected chi connectivity index (χ1v) is 14.1. The fourth-order valence-electron chi connectivity index (χ4n) is 3.16. The standard InChI is InChI=1S/C27H56O10/c1-29-12-13-31-16-17-33-20-21-35-24-25-37-27-26-36-23-22-34-19-18-32-15-14-30-11-9-7-5-3-2-4-6-8-10-28/h28H,2-27H2,1H3. The molecule has 0 amide bonds. The Hall–Kier alpha value is -0.400. The summed E-state index contributed by atoms with van der Waals surface area (Å²) in [6.45, 7) is 10.1. The molecule has 37 heavy (non-hydrogen) atoms. The van der Waals surface area contributed by atoms with Crippen LogP contribution in [-0.2, 0) is 42.6 Å². The normalized spacial score (nSPS) is 11.5. The topological polar surface area (TPSA) is 103 Å². The van der Waals surface area contributed by atoms with Crippen LogP contribution in [0.3, 0.4) is 0 Å². The van der Waals surface area contributed by atoms with E-state index in [1.54, 1.807) is 7.11 Å². The third kappa shape index (κ3) is 35.6. The Morgan fingerprint density at radius 2 is 0.541 bits per heavy atom. The molecule has 0 saturated carbocycles. The van der Waals surface area contributed by atoms with Gasteiger partial charge in [-0.1, -0.05) is 38.5 Å². The summed E-state index contributed by atoms with van der Waals surface area (Å²) in [6.07, 6.45) is 9.50. The van der Waals surface area contributed by atoms with E-state index in [0.717, 1.165) is 25.9 Å². The van der Waals surface area contributed by atoms with Gasteiger partial charge in [0.2, 0.25) is 0 Å². The van der Waals surface area contributed by atoms with E-state index >= 15 is 0 Å². The van der Waals surface area contributed by atoms with Crippen molar-refractivity contribution in [3.05, 3.63) is 0 Å². The van der Waals surface area contributed by atoms with Crippen molar-refractivity contribution < 1.29 is 47.7 Å². The lowest BCUT2D eigenvalue weighted by Gasteiger charge is -2.08. The number of hydrogen-bond acceptors (Lipinski definition) is 10. The minimum Gasteiger partial charge on any atom is -0.396 e. The van der Waals surface area contributed by atoms with Crippen LogP contribution in [0.2, 0.25) is 0 Å². The van der Waals surface area contributed by atoms with E-state index in [2.05, 4.69) is 0 Å². The van der Waals surface area contributed by atoms with E-state index in [4.69, 9.17) is 47.7 Å². The molecule has 224 valence electrons. The van der Waals surface area contributed by atoms with Crippen molar-refractivity contribution >= 4 is 0 Å². The van der Waals surface area contributed by atoms with Crippen LogP contribution in [0.1, 0.15) is 51.4 Å². The van der Waals surface area contributed by atoms with Crippen molar-refractivity contribution in [2.45, 2.75) is 51.4 Å². The summed E-state index contributed by atoms with van der Waals surface area (Å²) in [4.78, 5) is 0. The fourth-order valence-corrected chi connectivity index (χ4v) is 3.16. The highest BCUT2D eigenvalue weighted by Crippen LogP contribution is 2.08. The van der Waals surface area contributed by atoms with Crippen molar-refractivity contribution in [1.29, 1.82) is 0 Å². The third-order valence-corrected chi connectivity index (χ3v) is 5.23. The molecule has 0 aliphatic carbocycles. The summed E-state index contributed by atoms with van der Waals surface area (Å²) < 4.78 is 48.5. The summed E-state index contributed by atoms with van der Waals surface area (Å²) >= 11 is 0. The molecule has 10 nitrogen and oxygen atoms in total. The molecule has 0 aromatic rings. The predicted octanol–water partition coefficient (Wildman–Crippen LogP) is 2.88. The van der Waals surface area contributed by atoms with Crippen LogP contribution in [0.25, 0.3) is 0 Å². The molecule has 0 spiro atoms. The molecule has 0 aliphatic rings. The highest BCUT2D eigenvalue weighted by molar-refractivity contribution is 4.47. The predicted molar refractivity (Wildman–Crippen MR) is 142 cm³/mol. The second kappa shape index (κ2) is 35.6. The molecule has 1 N–H and O–H groups in total. The largest absolute Gasteiger partial charge is 0.396 e. The van der Waals surface area contributed by atoms with Crippen molar-refractivity contribution in [2.75, 3.05) is 126 Å². The number of aliphatic hydroxyl groups is 1. The molecule has 0 unspecified atom stereocenters. The van der Waals surface area contributed by atoms with Gasteiger partial charge in [-0.15, -0.1) is 0 Å². The van der Waals surface area contributed by atoms with Crippen molar-refractivity contribution in [3.8, 4) is 0 Å². The molecule has 0 atom stereocenters. The van der Waals surface area contributed by atoms with E-state index in [9.17, 15) is 0 Å². The molecule has 10 heteroatoms. The lowest BCUT2D eigenvalue weighted by Crippen LogP contribution is -2.15. The van der Waals surface area contributed by atoms with Crippen LogP contribution in [0, 0.1) is 0 Å². The third-order valence-electron chi connectivity index (χ3n) is 5.23. The minimum atomic E-state index is 0.323. The second-order valence-corrected chi connectivity index (χ2v) is 8.44. The fraction of sp³-hybridized carbons (Fsp3) is 1.00. The van der Waals surface area contributed by atoms with Gasteiger partial charge in [0.15, 0.2) is 0 Å². The molecule has 0 radical (unpaired) electrons. The van der Waals surface area contributed by atoms with Crippen LogP contribution in [-0.4, -0.2) is 131 Å². The number of ether oxygens (including phenoxy) is 9. The number of rotatable bonds is 34. The van der Waals surface area contributed by atoms with Gasteiger partial charge < -0.3 is 47.7 Å². The first-order valence-electron chi connectivity index (χ1n) is 14.1. The Morgan fingerprint density at radius 3 is 0.838 bits per heavy atom. The summed E-state index contributed by atoms with van der Waals surface area (Å²) in [5, 5.41) is 8.74. The van der Waals surface area contributed by atoms with Gasteiger partial charge in [0.1, 0.15) is 0 Å². The molecule has 0 aromatic heterocycles. The Labute approximate surface area is 225 Å². The molecule has 0 aliphatic heterocycles. The lowest BCUT2D eigenvalue weighted by atomic mass is 10.1. The molecule has 0 bridgehead atoms. The zero-order chi connectivity index (χ0) is 26.7. The van der Waals surface area contributed by atoms with E-state index in [-0.39, 0.29) is 0 Å². The van der Waals surface area contributed by atoms with Crippen LogP contribution < -0.4 is 0 Å². The van der Waals surface area contributed by atoms with Crippen molar-refractivity contribution in [2.24, 2.45) is 0 Å². The van der Waals surface area contributed by atoms with Crippen LogP contribution in [0.15, 0.2) is 0 Å². The summed E-state index contributed by atoms with van der Waals surface area (Å²) in [6, 6.07) is 0. The van der Waals surface area contributed by atoms with Gasteiger partial charge in [0.25, 0.3) is 0 Å². The number of aliphatic hydroxyl groups excluding tert-OH is 1. The van der Waals surface area contributed by atoms with Crippen LogP contribution in [0.4, 0.5) is 0 Å². The quantitative estimate of drug-likeness (QED) is 0.123. The second-order valence-electron chi connectivity index (χ2n) is 8.44. The zero-order valence-electron chi connectivity index (χ0n) is 23.5. The maximum atomic E-state index is 8.74. The zero-order valence-corrected chi connectivity index (χ0v) is 23.5. The number of methoxy groups -OCH3 is 1. The first-order chi connectivity index (χ1) is 18.4. The van der Waals surface area contributed by atoms with Gasteiger partial charge in [-0.3, -0.25) is 0 Å². The van der Waals surface area contributed by atoms with E-state index < -0.39 is 0 Å². The Kier molecular flexibility index (Phi) is 35.2. The van der Waals surface area contributed by atoms with Gasteiger partial charge in [-0.25, -0.2) is 0 Å². The molecular weight excluding hydrogens is 484 g/mol. The first kappa shape index (κ1) is 36.6. The van der Waals surface area contributed by atoms with Crippen LogP contribution in [0.5, 0.6) is 0 Å². The molecular formula is C27H56O10. The monoisotopic (exact) mass is 540 g/mol. The average molecular weight is 541 g/mol. The van der Waals surface area contributed by atoms with E-state index in [0.29, 0.717) is 112 Å². The Morgan fingerprint density at radius 1 is 0.297 bits per heavy atom. The SMILES string of the molecule is COCCOCCOCCOCCOCCOCCOCCOCCOCCCCCCCCCCO. The van der Waals surface area contributed by atoms with Crippen LogP contribution >= 0.6 is 0 Å². The molecule has 0 aromatic carbocycles. The molecule has 0 heterocycles. The smallest absolute Gasteiger partial charge is 0.0701 e. The van der Waals surface area contributed by atoms with E-state index in [1.165, 1.54) is 32.1 Å².